The average Bonchev–Trinajstić information content (AvgIpc) is 2.68. The number of nitrogens with zero attached hydrogens (tertiary/aromatic N) is 1. The van der Waals surface area contributed by atoms with Crippen LogP contribution in [0.2, 0.25) is 0 Å². The van der Waals surface area contributed by atoms with Crippen LogP contribution in [0.3, 0.4) is 0 Å². The molecule has 1 heterocycles. The lowest BCUT2D eigenvalue weighted by Crippen LogP contribution is -2.14. The molecule has 0 radical (unpaired) electrons. The van der Waals surface area contributed by atoms with Crippen LogP contribution in [0.4, 0.5) is 5.69 Å². The Bertz CT molecular complexity index is 1460. The minimum Gasteiger partial charge on any atom is -0.366 e. The molecule has 130 valence electrons. The van der Waals surface area contributed by atoms with Crippen molar-refractivity contribution < 1.29 is 0 Å². The average molecular weight is 350 g/mol. The quantitative estimate of drug-likeness (QED) is 0.331. The Kier molecular flexibility index (Phi) is 3.37. The van der Waals surface area contributed by atoms with Crippen molar-refractivity contribution in [2.24, 2.45) is 4.99 Å². The molecule has 0 aliphatic heterocycles. The maximum absolute atomic E-state index is 13.4. The van der Waals surface area contributed by atoms with E-state index in [2.05, 4.69) is 31.0 Å². The number of pyridine rings is 1. The van der Waals surface area contributed by atoms with Gasteiger partial charge in [-0.25, -0.2) is 4.99 Å². The van der Waals surface area contributed by atoms with E-state index in [0.29, 0.717) is 5.39 Å². The van der Waals surface area contributed by atoms with Crippen LogP contribution in [0, 0.1) is 13.8 Å². The highest BCUT2D eigenvalue weighted by atomic mass is 16.1. The van der Waals surface area contributed by atoms with Crippen molar-refractivity contribution >= 4 is 38.0 Å². The van der Waals surface area contributed by atoms with Crippen LogP contribution in [-0.2, 0) is 0 Å². The van der Waals surface area contributed by atoms with Gasteiger partial charge < -0.3 is 4.98 Å². The second kappa shape index (κ2) is 5.78. The minimum absolute atomic E-state index is 0.0402. The molecule has 0 spiro atoms. The first-order valence-corrected chi connectivity index (χ1v) is 9.03. The smallest absolute Gasteiger partial charge is 0.196 e. The third-order valence-electron chi connectivity index (χ3n) is 5.23. The predicted octanol–water partition coefficient (Wildman–Crippen LogP) is 5.12. The maximum atomic E-state index is 13.4. The van der Waals surface area contributed by atoms with Gasteiger partial charge in [0, 0.05) is 28.6 Å². The van der Waals surface area contributed by atoms with E-state index in [1.54, 1.807) is 0 Å². The Morgan fingerprint density at radius 3 is 2.44 bits per heavy atom. The first kappa shape index (κ1) is 15.8. The zero-order valence-electron chi connectivity index (χ0n) is 15.2. The van der Waals surface area contributed by atoms with E-state index < -0.39 is 0 Å². The molecule has 5 rings (SSSR count). The van der Waals surface area contributed by atoms with Crippen LogP contribution >= 0.6 is 0 Å². The standard InChI is InChI=1S/C24H18N2O/c1-14-7-9-20(15(2)11-14)26-21-10-8-16-12-25-13-19-17-5-3-4-6-18(17)24(27)23(21)22(16)19/h3-13,25H,1-2H3. The van der Waals surface area contributed by atoms with Crippen LogP contribution in [0.1, 0.15) is 11.1 Å². The van der Waals surface area contributed by atoms with Crippen LogP contribution < -0.4 is 10.8 Å². The fourth-order valence-corrected chi connectivity index (χ4v) is 3.95. The summed E-state index contributed by atoms with van der Waals surface area (Å²) in [4.78, 5) is 21.5. The molecule has 5 aromatic rings. The van der Waals surface area contributed by atoms with E-state index in [1.165, 1.54) is 5.56 Å². The maximum Gasteiger partial charge on any atom is 0.196 e. The Labute approximate surface area is 156 Å². The van der Waals surface area contributed by atoms with Gasteiger partial charge >= 0.3 is 0 Å². The van der Waals surface area contributed by atoms with Crippen molar-refractivity contribution in [1.82, 2.24) is 4.98 Å². The molecule has 0 saturated carbocycles. The van der Waals surface area contributed by atoms with Gasteiger partial charge in [-0.05, 0) is 42.3 Å². The molecular formula is C24H18N2O. The lowest BCUT2D eigenvalue weighted by molar-refractivity contribution is 1.29. The molecule has 0 fully saturated rings. The summed E-state index contributed by atoms with van der Waals surface area (Å²) in [7, 11) is 0. The normalized spacial score (nSPS) is 12.4. The molecule has 1 aromatic heterocycles. The first-order valence-electron chi connectivity index (χ1n) is 9.03. The minimum atomic E-state index is 0.0402. The first-order chi connectivity index (χ1) is 13.1. The molecule has 0 bridgehead atoms. The molecule has 0 amide bonds. The monoisotopic (exact) mass is 350 g/mol. The highest BCUT2D eigenvalue weighted by Gasteiger charge is 2.13. The second-order valence-corrected chi connectivity index (χ2v) is 7.07. The molecule has 3 nitrogen and oxygen atoms in total. The van der Waals surface area contributed by atoms with Crippen molar-refractivity contribution in [2.75, 3.05) is 0 Å². The molecule has 0 atom stereocenters. The van der Waals surface area contributed by atoms with Crippen LogP contribution in [0.25, 0.3) is 32.3 Å². The van der Waals surface area contributed by atoms with E-state index in [0.717, 1.165) is 43.5 Å². The highest BCUT2D eigenvalue weighted by molar-refractivity contribution is 6.20. The van der Waals surface area contributed by atoms with Crippen molar-refractivity contribution in [1.29, 1.82) is 0 Å². The number of benzene rings is 4. The molecule has 0 unspecified atom stereocenters. The zero-order valence-corrected chi connectivity index (χ0v) is 15.2. The number of hydrogen-bond donors (Lipinski definition) is 1. The molecule has 0 saturated heterocycles. The third-order valence-corrected chi connectivity index (χ3v) is 5.23. The second-order valence-electron chi connectivity index (χ2n) is 7.07. The van der Waals surface area contributed by atoms with Crippen molar-refractivity contribution in [2.45, 2.75) is 13.8 Å². The number of aromatic amines is 1. The number of fused-ring (bicyclic) bond motifs is 2. The summed E-state index contributed by atoms with van der Waals surface area (Å²) >= 11 is 0. The van der Waals surface area contributed by atoms with Gasteiger partial charge in [-0.3, -0.25) is 4.79 Å². The Balaban J connectivity index is 2.02. The van der Waals surface area contributed by atoms with Crippen molar-refractivity contribution in [3.8, 4) is 0 Å². The number of rotatable bonds is 1. The van der Waals surface area contributed by atoms with Crippen LogP contribution in [-0.4, -0.2) is 4.98 Å². The fourth-order valence-electron chi connectivity index (χ4n) is 3.95. The Hall–Kier alpha value is -3.46. The van der Waals surface area contributed by atoms with Gasteiger partial charge in [-0.1, -0.05) is 48.0 Å². The van der Waals surface area contributed by atoms with E-state index >= 15 is 0 Å². The predicted molar refractivity (Wildman–Crippen MR) is 112 cm³/mol. The van der Waals surface area contributed by atoms with Crippen molar-refractivity contribution in [3.05, 3.63) is 93.7 Å². The highest BCUT2D eigenvalue weighted by Crippen LogP contribution is 2.28. The summed E-state index contributed by atoms with van der Waals surface area (Å²) < 4.78 is 0. The summed E-state index contributed by atoms with van der Waals surface area (Å²) in [5.74, 6) is 0. The topological polar surface area (TPSA) is 45.2 Å². The van der Waals surface area contributed by atoms with Gasteiger partial charge in [-0.15, -0.1) is 0 Å². The number of H-pyrrole nitrogens is 1. The number of nitrogens with one attached hydrogen (secondary N) is 1. The van der Waals surface area contributed by atoms with Gasteiger partial charge in [0.25, 0.3) is 0 Å². The lowest BCUT2D eigenvalue weighted by atomic mass is 9.96. The van der Waals surface area contributed by atoms with Gasteiger partial charge in [0.1, 0.15) is 0 Å². The van der Waals surface area contributed by atoms with Crippen molar-refractivity contribution in [3.63, 3.8) is 0 Å². The van der Waals surface area contributed by atoms with Gasteiger partial charge in [-0.2, -0.15) is 0 Å². The largest absolute Gasteiger partial charge is 0.366 e. The SMILES string of the molecule is Cc1ccc(N=c2ccc3c[nH]cc4c5ccccc5c(=O)c2c34)c(C)c1. The molecule has 0 aliphatic carbocycles. The molecular weight excluding hydrogens is 332 g/mol. The Morgan fingerprint density at radius 1 is 0.815 bits per heavy atom. The summed E-state index contributed by atoms with van der Waals surface area (Å²) in [6.45, 7) is 4.12. The van der Waals surface area contributed by atoms with Gasteiger partial charge in [0.2, 0.25) is 0 Å². The van der Waals surface area contributed by atoms with Gasteiger partial charge in [0.05, 0.1) is 16.4 Å². The third kappa shape index (κ3) is 2.36. The van der Waals surface area contributed by atoms with Crippen LogP contribution in [0.15, 0.2) is 76.8 Å². The van der Waals surface area contributed by atoms with Crippen LogP contribution in [0.5, 0.6) is 0 Å². The molecule has 4 aromatic carbocycles. The molecule has 3 heteroatoms. The van der Waals surface area contributed by atoms with E-state index in [9.17, 15) is 4.79 Å². The van der Waals surface area contributed by atoms with Gasteiger partial charge in [0.15, 0.2) is 5.43 Å². The van der Waals surface area contributed by atoms with E-state index in [1.807, 2.05) is 54.9 Å². The summed E-state index contributed by atoms with van der Waals surface area (Å²) in [5, 5.41) is 6.16. The summed E-state index contributed by atoms with van der Waals surface area (Å²) in [5.41, 5.74) is 3.24. The fraction of sp³-hybridized carbons (Fsp3) is 0.0833. The summed E-state index contributed by atoms with van der Waals surface area (Å²) in [6, 6.07) is 17.9. The Morgan fingerprint density at radius 2 is 1.63 bits per heavy atom. The lowest BCUT2D eigenvalue weighted by Gasteiger charge is -2.09. The summed E-state index contributed by atoms with van der Waals surface area (Å²) in [6.07, 6.45) is 3.91. The van der Waals surface area contributed by atoms with E-state index in [-0.39, 0.29) is 5.43 Å². The molecule has 0 aliphatic rings. The number of aromatic nitrogens is 1. The molecule has 27 heavy (non-hydrogen) atoms. The zero-order chi connectivity index (χ0) is 18.5. The molecule has 1 N–H and O–H groups in total. The number of aryl methyl sites for hydroxylation is 2. The van der Waals surface area contributed by atoms with E-state index in [4.69, 9.17) is 4.99 Å². The number of hydrogen-bond acceptors (Lipinski definition) is 2.